The molecule has 1 aromatic carbocycles. The largest absolute Gasteiger partial charge is 0.491 e. The standard InChI is InChI=1S/C19H25ClN4O2/c1-14-11-17(3-4-18(14)20)26-13-16(25)12-23-15-5-9-24(10-6-15)19-21-7-2-8-22-19/h2-4,7-8,11,15-16,23,25H,5-6,9-10,12-13H2,1H3. The van der Waals surface area contributed by atoms with Gasteiger partial charge in [0, 0.05) is 43.1 Å². The quantitative estimate of drug-likeness (QED) is 0.773. The molecule has 2 aromatic rings. The molecule has 0 saturated carbocycles. The number of hydrogen-bond donors (Lipinski definition) is 2. The van der Waals surface area contributed by atoms with Crippen molar-refractivity contribution in [2.24, 2.45) is 0 Å². The van der Waals surface area contributed by atoms with Crippen molar-refractivity contribution in [1.29, 1.82) is 0 Å². The minimum atomic E-state index is -0.554. The molecule has 140 valence electrons. The van der Waals surface area contributed by atoms with Gasteiger partial charge in [-0.3, -0.25) is 0 Å². The Labute approximate surface area is 159 Å². The van der Waals surface area contributed by atoms with Crippen LogP contribution in [0.4, 0.5) is 5.95 Å². The molecule has 2 heterocycles. The molecular formula is C19H25ClN4O2. The van der Waals surface area contributed by atoms with Gasteiger partial charge in [-0.15, -0.1) is 0 Å². The third-order valence-electron chi connectivity index (χ3n) is 4.54. The van der Waals surface area contributed by atoms with E-state index in [0.717, 1.165) is 43.2 Å². The van der Waals surface area contributed by atoms with Crippen molar-refractivity contribution < 1.29 is 9.84 Å². The Kier molecular flexibility index (Phi) is 6.66. The van der Waals surface area contributed by atoms with E-state index in [4.69, 9.17) is 16.3 Å². The van der Waals surface area contributed by atoms with Crippen LogP contribution in [0.15, 0.2) is 36.7 Å². The molecule has 1 aliphatic rings. The lowest BCUT2D eigenvalue weighted by molar-refractivity contribution is 0.102. The first-order valence-electron chi connectivity index (χ1n) is 8.94. The van der Waals surface area contributed by atoms with Crippen LogP contribution in [-0.4, -0.2) is 53.5 Å². The van der Waals surface area contributed by atoms with E-state index in [0.29, 0.717) is 17.6 Å². The maximum atomic E-state index is 10.2. The molecule has 1 saturated heterocycles. The zero-order valence-electron chi connectivity index (χ0n) is 14.9. The smallest absolute Gasteiger partial charge is 0.225 e. The van der Waals surface area contributed by atoms with Gasteiger partial charge < -0.3 is 20.1 Å². The molecule has 0 radical (unpaired) electrons. The average Bonchev–Trinajstić information content (AvgIpc) is 2.68. The third-order valence-corrected chi connectivity index (χ3v) is 4.97. The summed E-state index contributed by atoms with van der Waals surface area (Å²) in [6.07, 6.45) is 4.99. The number of aryl methyl sites for hydroxylation is 1. The Morgan fingerprint density at radius 1 is 1.31 bits per heavy atom. The van der Waals surface area contributed by atoms with Gasteiger partial charge in [-0.2, -0.15) is 0 Å². The van der Waals surface area contributed by atoms with Crippen molar-refractivity contribution in [3.63, 3.8) is 0 Å². The lowest BCUT2D eigenvalue weighted by atomic mass is 10.1. The van der Waals surface area contributed by atoms with Gasteiger partial charge in [0.2, 0.25) is 5.95 Å². The van der Waals surface area contributed by atoms with Gasteiger partial charge in [-0.25, -0.2) is 9.97 Å². The molecule has 0 bridgehead atoms. The Morgan fingerprint density at radius 2 is 2.04 bits per heavy atom. The fraction of sp³-hybridized carbons (Fsp3) is 0.474. The zero-order chi connectivity index (χ0) is 18.4. The SMILES string of the molecule is Cc1cc(OCC(O)CNC2CCN(c3ncccn3)CC2)ccc1Cl. The van der Waals surface area contributed by atoms with Crippen molar-refractivity contribution >= 4 is 17.5 Å². The van der Waals surface area contributed by atoms with Crippen LogP contribution in [0.25, 0.3) is 0 Å². The number of hydrogen-bond acceptors (Lipinski definition) is 6. The summed E-state index contributed by atoms with van der Waals surface area (Å²) in [5, 5.41) is 14.3. The van der Waals surface area contributed by atoms with Crippen LogP contribution in [0.3, 0.4) is 0 Å². The molecule has 1 aliphatic heterocycles. The number of benzene rings is 1. The van der Waals surface area contributed by atoms with Crippen molar-refractivity contribution in [2.45, 2.75) is 31.9 Å². The Bertz CT molecular complexity index is 693. The van der Waals surface area contributed by atoms with Crippen LogP contribution in [-0.2, 0) is 0 Å². The number of nitrogens with one attached hydrogen (secondary N) is 1. The molecule has 3 rings (SSSR count). The fourth-order valence-corrected chi connectivity index (χ4v) is 3.12. The molecule has 26 heavy (non-hydrogen) atoms. The van der Waals surface area contributed by atoms with Gasteiger partial charge in [0.1, 0.15) is 18.5 Å². The average molecular weight is 377 g/mol. The minimum Gasteiger partial charge on any atom is -0.491 e. The third kappa shape index (κ3) is 5.30. The number of ether oxygens (including phenoxy) is 1. The molecule has 1 unspecified atom stereocenters. The summed E-state index contributed by atoms with van der Waals surface area (Å²) in [7, 11) is 0. The highest BCUT2D eigenvalue weighted by Gasteiger charge is 2.21. The first kappa shape index (κ1) is 18.9. The lowest BCUT2D eigenvalue weighted by Crippen LogP contribution is -2.45. The summed E-state index contributed by atoms with van der Waals surface area (Å²) in [6, 6.07) is 7.72. The summed E-state index contributed by atoms with van der Waals surface area (Å²) in [4.78, 5) is 10.8. The first-order valence-corrected chi connectivity index (χ1v) is 9.32. The Hall–Kier alpha value is -1.89. The molecule has 2 N–H and O–H groups in total. The normalized spacial score (nSPS) is 16.5. The second-order valence-corrected chi connectivity index (χ2v) is 7.00. The minimum absolute atomic E-state index is 0.255. The second kappa shape index (κ2) is 9.16. The maximum Gasteiger partial charge on any atom is 0.225 e. The highest BCUT2D eigenvalue weighted by molar-refractivity contribution is 6.31. The fourth-order valence-electron chi connectivity index (χ4n) is 3.00. The monoisotopic (exact) mass is 376 g/mol. The summed E-state index contributed by atoms with van der Waals surface area (Å²) in [6.45, 7) is 4.53. The first-order chi connectivity index (χ1) is 12.6. The molecule has 6 nitrogen and oxygen atoms in total. The predicted octanol–water partition coefficient (Wildman–Crippen LogP) is 2.44. The van der Waals surface area contributed by atoms with E-state index in [2.05, 4.69) is 20.2 Å². The van der Waals surface area contributed by atoms with Crippen molar-refractivity contribution in [3.05, 3.63) is 47.2 Å². The molecule has 1 atom stereocenters. The highest BCUT2D eigenvalue weighted by Crippen LogP contribution is 2.21. The molecule has 0 spiro atoms. The Balaban J connectivity index is 1.36. The van der Waals surface area contributed by atoms with Crippen LogP contribution in [0.5, 0.6) is 5.75 Å². The number of aliphatic hydroxyl groups is 1. The van der Waals surface area contributed by atoms with E-state index in [1.807, 2.05) is 25.1 Å². The van der Waals surface area contributed by atoms with Crippen molar-refractivity contribution in [3.8, 4) is 5.75 Å². The Morgan fingerprint density at radius 3 is 2.73 bits per heavy atom. The number of piperidine rings is 1. The van der Waals surface area contributed by atoms with Crippen LogP contribution in [0, 0.1) is 6.92 Å². The molecule has 0 amide bonds. The van der Waals surface area contributed by atoms with E-state index in [9.17, 15) is 5.11 Å². The van der Waals surface area contributed by atoms with Crippen LogP contribution < -0.4 is 15.0 Å². The van der Waals surface area contributed by atoms with Gasteiger partial charge in [0.25, 0.3) is 0 Å². The maximum absolute atomic E-state index is 10.2. The topological polar surface area (TPSA) is 70.5 Å². The number of aliphatic hydroxyl groups excluding tert-OH is 1. The number of rotatable bonds is 7. The highest BCUT2D eigenvalue weighted by atomic mass is 35.5. The van der Waals surface area contributed by atoms with E-state index in [1.54, 1.807) is 18.5 Å². The van der Waals surface area contributed by atoms with Gasteiger partial charge in [0.05, 0.1) is 0 Å². The van der Waals surface area contributed by atoms with Crippen LogP contribution >= 0.6 is 11.6 Å². The van der Waals surface area contributed by atoms with E-state index >= 15 is 0 Å². The van der Waals surface area contributed by atoms with Gasteiger partial charge in [-0.1, -0.05) is 11.6 Å². The molecule has 1 fully saturated rings. The molecule has 0 aliphatic carbocycles. The number of halogens is 1. The van der Waals surface area contributed by atoms with E-state index in [1.165, 1.54) is 0 Å². The summed E-state index contributed by atoms with van der Waals surface area (Å²) in [5.41, 5.74) is 0.964. The molecule has 1 aromatic heterocycles. The van der Waals surface area contributed by atoms with Gasteiger partial charge >= 0.3 is 0 Å². The van der Waals surface area contributed by atoms with E-state index in [-0.39, 0.29) is 6.61 Å². The molecule has 7 heteroatoms. The zero-order valence-corrected chi connectivity index (χ0v) is 15.7. The summed E-state index contributed by atoms with van der Waals surface area (Å²) < 4.78 is 5.64. The number of nitrogens with zero attached hydrogens (tertiary/aromatic N) is 3. The van der Waals surface area contributed by atoms with Gasteiger partial charge in [-0.05, 0) is 49.6 Å². The van der Waals surface area contributed by atoms with E-state index < -0.39 is 6.10 Å². The van der Waals surface area contributed by atoms with Crippen LogP contribution in [0.2, 0.25) is 5.02 Å². The second-order valence-electron chi connectivity index (χ2n) is 6.59. The molecular weight excluding hydrogens is 352 g/mol. The van der Waals surface area contributed by atoms with Crippen molar-refractivity contribution in [1.82, 2.24) is 15.3 Å². The van der Waals surface area contributed by atoms with Gasteiger partial charge in [0.15, 0.2) is 0 Å². The summed E-state index contributed by atoms with van der Waals surface area (Å²) in [5.74, 6) is 1.51. The lowest BCUT2D eigenvalue weighted by Gasteiger charge is -2.32. The predicted molar refractivity (Wildman–Crippen MR) is 103 cm³/mol. The number of aromatic nitrogens is 2. The van der Waals surface area contributed by atoms with Crippen LogP contribution in [0.1, 0.15) is 18.4 Å². The van der Waals surface area contributed by atoms with Crippen molar-refractivity contribution in [2.75, 3.05) is 31.1 Å². The number of anilines is 1. The summed E-state index contributed by atoms with van der Waals surface area (Å²) >= 11 is 6.00.